The Morgan fingerprint density at radius 2 is 1.52 bits per heavy atom. The van der Waals surface area contributed by atoms with E-state index in [1.165, 1.54) is 10.9 Å². The van der Waals surface area contributed by atoms with Crippen LogP contribution in [0.25, 0.3) is 11.2 Å². The van der Waals surface area contributed by atoms with Gasteiger partial charge in [-0.15, -0.1) is 0 Å². The molecule has 0 unspecified atom stereocenters. The Bertz CT molecular complexity index is 1880. The summed E-state index contributed by atoms with van der Waals surface area (Å²) in [6.45, 7) is 11.7. The molecule has 5 aromatic rings. The second-order valence-electron chi connectivity index (χ2n) is 14.3. The molecule has 1 saturated heterocycles. The topological polar surface area (TPSA) is 104 Å². The van der Waals surface area contributed by atoms with Crippen LogP contribution in [0.15, 0.2) is 91.3 Å². The van der Waals surface area contributed by atoms with Crippen LogP contribution in [0.2, 0.25) is 18.1 Å². The summed E-state index contributed by atoms with van der Waals surface area (Å²) in [4.78, 5) is 13.0. The number of methoxy groups -OCH3 is 1. The Balaban J connectivity index is 1.50. The van der Waals surface area contributed by atoms with Crippen LogP contribution in [-0.4, -0.2) is 64.5 Å². The van der Waals surface area contributed by atoms with E-state index in [-0.39, 0.29) is 22.0 Å². The highest BCUT2D eigenvalue weighted by Gasteiger charge is 2.59. The SMILES string of the molecule is CC[C@]1(CO)O[C@@H](n2cnc3c(NC(c4ccccc4)(c4ccccc4)c4ccc(OC)cc4)nc(F)nc32)[C@@H](F)[C@@H]1O[Si](C)(C)C(C)(C)C. The Morgan fingerprint density at radius 3 is 2.04 bits per heavy atom. The van der Waals surface area contributed by atoms with E-state index in [9.17, 15) is 5.11 Å². The fourth-order valence-electron chi connectivity index (χ4n) is 6.49. The van der Waals surface area contributed by atoms with Gasteiger partial charge in [0, 0.05) is 0 Å². The molecule has 12 heteroatoms. The fourth-order valence-corrected chi connectivity index (χ4v) is 7.82. The van der Waals surface area contributed by atoms with Crippen molar-refractivity contribution in [1.82, 2.24) is 19.5 Å². The van der Waals surface area contributed by atoms with Gasteiger partial charge < -0.3 is 24.3 Å². The molecule has 2 N–H and O–H groups in total. The number of aliphatic hydroxyl groups excluding tert-OH is 1. The number of nitrogens with one attached hydrogen (secondary N) is 1. The second kappa shape index (κ2) is 13.5. The zero-order chi connectivity index (χ0) is 35.9. The molecule has 1 aliphatic rings. The van der Waals surface area contributed by atoms with Gasteiger partial charge in [0.25, 0.3) is 0 Å². The molecule has 1 aliphatic heterocycles. The van der Waals surface area contributed by atoms with E-state index in [1.54, 1.807) is 7.11 Å². The van der Waals surface area contributed by atoms with Crippen LogP contribution in [0.1, 0.15) is 57.0 Å². The largest absolute Gasteiger partial charge is 0.497 e. The molecule has 1 fully saturated rings. The molecule has 0 saturated carbocycles. The van der Waals surface area contributed by atoms with Gasteiger partial charge in [-0.25, -0.2) is 9.37 Å². The van der Waals surface area contributed by atoms with E-state index in [2.05, 4.69) is 41.0 Å². The van der Waals surface area contributed by atoms with Gasteiger partial charge >= 0.3 is 6.08 Å². The number of ether oxygens (including phenoxy) is 2. The summed E-state index contributed by atoms with van der Waals surface area (Å²) in [7, 11) is -0.903. The van der Waals surface area contributed by atoms with Crippen LogP contribution in [0, 0.1) is 6.08 Å². The van der Waals surface area contributed by atoms with Crippen LogP contribution in [0.5, 0.6) is 5.75 Å². The van der Waals surface area contributed by atoms with E-state index >= 15 is 8.78 Å². The first-order valence-corrected chi connectivity index (χ1v) is 19.8. The molecule has 0 aliphatic carbocycles. The fraction of sp³-hybridized carbons (Fsp3) is 0.395. The molecule has 2 aromatic heterocycles. The average molecular weight is 702 g/mol. The maximum Gasteiger partial charge on any atom is 0.312 e. The maximum atomic E-state index is 16.8. The van der Waals surface area contributed by atoms with Crippen molar-refractivity contribution in [2.75, 3.05) is 19.0 Å². The van der Waals surface area contributed by atoms with E-state index in [0.29, 0.717) is 12.2 Å². The van der Waals surface area contributed by atoms with Gasteiger partial charge in [0.2, 0.25) is 0 Å². The Morgan fingerprint density at radius 1 is 0.940 bits per heavy atom. The van der Waals surface area contributed by atoms with Gasteiger partial charge in [-0.2, -0.15) is 14.4 Å². The number of nitrogens with zero attached hydrogens (tertiary/aromatic N) is 4. The predicted molar refractivity (Wildman–Crippen MR) is 192 cm³/mol. The minimum absolute atomic E-state index is 0.0355. The highest BCUT2D eigenvalue weighted by atomic mass is 28.4. The number of aromatic nitrogens is 4. The lowest BCUT2D eigenvalue weighted by Crippen LogP contribution is -2.54. The lowest BCUT2D eigenvalue weighted by atomic mass is 9.77. The summed E-state index contributed by atoms with van der Waals surface area (Å²) in [6, 6.07) is 27.2. The number of aliphatic hydroxyl groups is 1. The molecule has 3 aromatic carbocycles. The van der Waals surface area contributed by atoms with Crippen LogP contribution >= 0.6 is 0 Å². The van der Waals surface area contributed by atoms with Crippen molar-refractivity contribution in [2.45, 2.75) is 81.9 Å². The standard InChI is InChI=1S/C38H45F2N5O4Si/c1-8-37(23-46)31(49-50(6,7)36(2,3)4)29(39)34(48-37)45-24-41-30-32(42-35(40)43-33(30)45)44-38(25-15-11-9-12-16-25,26-17-13-10-14-18-26)27-19-21-28(47-5)22-20-27/h9-22,24,29,31,34,46H,8,23H2,1-7H3,(H,42,43,44)/t29-,31-,34+,37+/m0/s1. The summed E-state index contributed by atoms with van der Waals surface area (Å²) in [5.74, 6) is 0.776. The van der Waals surface area contributed by atoms with Crippen molar-refractivity contribution in [2.24, 2.45) is 0 Å². The summed E-state index contributed by atoms with van der Waals surface area (Å²) in [6.07, 6.45) is -3.43. The number of anilines is 1. The van der Waals surface area contributed by atoms with Gasteiger partial charge in [0.05, 0.1) is 20.0 Å². The predicted octanol–water partition coefficient (Wildman–Crippen LogP) is 7.78. The first-order valence-electron chi connectivity index (χ1n) is 16.8. The quantitative estimate of drug-likeness (QED) is 0.0818. The van der Waals surface area contributed by atoms with E-state index in [1.807, 2.05) is 105 Å². The molecule has 0 amide bonds. The lowest BCUT2D eigenvalue weighted by Gasteiger charge is -2.42. The Labute approximate surface area is 292 Å². The average Bonchev–Trinajstić information content (AvgIpc) is 3.65. The Kier molecular flexibility index (Phi) is 9.59. The van der Waals surface area contributed by atoms with Crippen molar-refractivity contribution < 1.29 is 27.8 Å². The first kappa shape index (κ1) is 35.6. The first-order chi connectivity index (χ1) is 23.8. The second-order valence-corrected chi connectivity index (χ2v) is 19.1. The summed E-state index contributed by atoms with van der Waals surface area (Å²) >= 11 is 0. The number of halogens is 2. The number of alkyl halides is 1. The van der Waals surface area contributed by atoms with Crippen LogP contribution in [0.4, 0.5) is 14.6 Å². The van der Waals surface area contributed by atoms with Crippen LogP contribution < -0.4 is 10.1 Å². The van der Waals surface area contributed by atoms with Crippen molar-refractivity contribution in [3.63, 3.8) is 0 Å². The number of fused-ring (bicyclic) bond motifs is 1. The van der Waals surface area contributed by atoms with Crippen molar-refractivity contribution >= 4 is 25.3 Å². The van der Waals surface area contributed by atoms with Crippen molar-refractivity contribution in [1.29, 1.82) is 0 Å². The minimum atomic E-state index is -2.51. The third-order valence-corrected chi connectivity index (χ3v) is 14.9. The molecule has 6 rings (SSSR count). The van der Waals surface area contributed by atoms with Gasteiger partial charge in [-0.3, -0.25) is 4.57 Å². The molecular formula is C38H45F2N5O4Si. The number of imidazole rings is 1. The molecule has 9 nitrogen and oxygen atoms in total. The highest BCUT2D eigenvalue weighted by Crippen LogP contribution is 2.48. The molecule has 264 valence electrons. The van der Waals surface area contributed by atoms with Gasteiger partial charge in [0.15, 0.2) is 37.7 Å². The van der Waals surface area contributed by atoms with E-state index in [0.717, 1.165) is 16.7 Å². The summed E-state index contributed by atoms with van der Waals surface area (Å²) in [5, 5.41) is 14.0. The smallest absolute Gasteiger partial charge is 0.312 e. The molecule has 3 heterocycles. The lowest BCUT2D eigenvalue weighted by molar-refractivity contribution is -0.126. The number of rotatable bonds is 11. The van der Waals surface area contributed by atoms with Gasteiger partial charge in [-0.1, -0.05) is 100 Å². The summed E-state index contributed by atoms with van der Waals surface area (Å²) in [5.41, 5.74) is 0.369. The van der Waals surface area contributed by atoms with E-state index < -0.39 is 50.6 Å². The molecule has 4 atom stereocenters. The minimum Gasteiger partial charge on any atom is -0.497 e. The van der Waals surface area contributed by atoms with Gasteiger partial charge in [-0.05, 0) is 53.4 Å². The van der Waals surface area contributed by atoms with Gasteiger partial charge in [0.1, 0.15) is 23.0 Å². The van der Waals surface area contributed by atoms with Crippen molar-refractivity contribution in [3.05, 3.63) is 114 Å². The highest BCUT2D eigenvalue weighted by molar-refractivity contribution is 6.74. The van der Waals surface area contributed by atoms with Crippen LogP contribution in [0.3, 0.4) is 0 Å². The van der Waals surface area contributed by atoms with Crippen molar-refractivity contribution in [3.8, 4) is 5.75 Å². The monoisotopic (exact) mass is 701 g/mol. The Hall–Kier alpha value is -4.23. The zero-order valence-electron chi connectivity index (χ0n) is 29.5. The number of hydrogen-bond donors (Lipinski definition) is 2. The number of benzene rings is 3. The third kappa shape index (κ3) is 6.08. The normalized spacial score (nSPS) is 21.4. The van der Waals surface area contributed by atoms with E-state index in [4.69, 9.17) is 13.9 Å². The molecular weight excluding hydrogens is 657 g/mol. The zero-order valence-corrected chi connectivity index (χ0v) is 30.5. The summed E-state index contributed by atoms with van der Waals surface area (Å²) < 4.78 is 52.2. The molecule has 0 radical (unpaired) electrons. The number of hydrogen-bond acceptors (Lipinski definition) is 8. The molecule has 0 spiro atoms. The maximum absolute atomic E-state index is 16.8. The third-order valence-electron chi connectivity index (χ3n) is 10.4. The molecule has 50 heavy (non-hydrogen) atoms. The van der Waals surface area contributed by atoms with Crippen LogP contribution in [-0.2, 0) is 14.7 Å². The molecule has 0 bridgehead atoms.